The number of nitrogens with zero attached hydrogens (tertiary/aromatic N) is 3. The third kappa shape index (κ3) is 15.4. The molecule has 2 atom stereocenters. The SMILES string of the molecule is CC(C)(CCCCOc1cc(-c2ccccc2)cc(-c2ccccc2)n1)CNC(=O)C(CC(=O)NC(CC(=O)O)C(=O)O)NC(=O)c1ccc(N/N=C/c2ccccc2S(=O)(=O)O)nc1. The molecule has 5 rings (SSSR count). The molecule has 65 heavy (non-hydrogen) atoms. The summed E-state index contributed by atoms with van der Waals surface area (Å²) in [5, 5.41) is 29.8. The Morgan fingerprint density at radius 1 is 0.800 bits per heavy atom. The quantitative estimate of drug-likeness (QED) is 0.0187. The number of amides is 3. The van der Waals surface area contributed by atoms with Crippen LogP contribution < -0.4 is 26.1 Å². The Balaban J connectivity index is 1.18. The fourth-order valence-corrected chi connectivity index (χ4v) is 7.07. The van der Waals surface area contributed by atoms with Crippen LogP contribution in [0.25, 0.3) is 22.4 Å². The minimum absolute atomic E-state index is 0.0374. The van der Waals surface area contributed by atoms with Gasteiger partial charge in [0, 0.05) is 29.9 Å². The first-order valence-electron chi connectivity index (χ1n) is 20.4. The van der Waals surface area contributed by atoms with E-state index in [0.717, 1.165) is 41.2 Å². The Labute approximate surface area is 375 Å². The first-order valence-corrected chi connectivity index (χ1v) is 21.8. The van der Waals surface area contributed by atoms with E-state index in [0.29, 0.717) is 25.3 Å². The van der Waals surface area contributed by atoms with Gasteiger partial charge in [-0.25, -0.2) is 14.8 Å². The largest absolute Gasteiger partial charge is 0.481 e. The van der Waals surface area contributed by atoms with Crippen LogP contribution in [0.2, 0.25) is 0 Å². The van der Waals surface area contributed by atoms with Crippen LogP contribution in [0.1, 0.15) is 61.9 Å². The van der Waals surface area contributed by atoms with Gasteiger partial charge < -0.3 is 30.9 Å². The summed E-state index contributed by atoms with van der Waals surface area (Å²) in [6.45, 7) is 4.39. The van der Waals surface area contributed by atoms with Gasteiger partial charge in [-0.1, -0.05) is 92.7 Å². The van der Waals surface area contributed by atoms with Crippen molar-refractivity contribution < 1.29 is 51.9 Å². The van der Waals surface area contributed by atoms with Crippen LogP contribution in [0.4, 0.5) is 5.82 Å². The summed E-state index contributed by atoms with van der Waals surface area (Å²) in [6.07, 6.45) is 2.69. The molecule has 2 aromatic heterocycles. The average molecular weight is 908 g/mol. The molecule has 0 spiro atoms. The highest BCUT2D eigenvalue weighted by Crippen LogP contribution is 2.29. The van der Waals surface area contributed by atoms with E-state index in [-0.39, 0.29) is 28.4 Å². The van der Waals surface area contributed by atoms with Crippen molar-refractivity contribution in [3.05, 3.63) is 127 Å². The molecule has 3 amide bonds. The number of carboxylic acid groups (broad SMARTS) is 2. The molecule has 2 unspecified atom stereocenters. The van der Waals surface area contributed by atoms with Gasteiger partial charge in [0.2, 0.25) is 17.7 Å². The number of hydrazone groups is 1. The Hall–Kier alpha value is -7.51. The topological polar surface area (TPSA) is 276 Å². The van der Waals surface area contributed by atoms with Crippen LogP contribution in [0.15, 0.2) is 125 Å². The number of carbonyl (C=O) groups is 5. The maximum absolute atomic E-state index is 13.6. The predicted molar refractivity (Wildman–Crippen MR) is 241 cm³/mol. The number of rotatable bonds is 23. The van der Waals surface area contributed by atoms with E-state index in [2.05, 4.69) is 31.5 Å². The molecule has 0 fully saturated rings. The number of anilines is 1. The summed E-state index contributed by atoms with van der Waals surface area (Å²) in [6, 6.07) is 28.7. The van der Waals surface area contributed by atoms with Crippen molar-refractivity contribution in [1.29, 1.82) is 0 Å². The number of hydrogen-bond donors (Lipinski definition) is 7. The van der Waals surface area contributed by atoms with Crippen LogP contribution >= 0.6 is 0 Å². The number of pyridine rings is 2. The van der Waals surface area contributed by atoms with Gasteiger partial charge in [0.25, 0.3) is 16.0 Å². The lowest BCUT2D eigenvalue weighted by Crippen LogP contribution is -2.52. The van der Waals surface area contributed by atoms with Crippen molar-refractivity contribution in [1.82, 2.24) is 25.9 Å². The van der Waals surface area contributed by atoms with Crippen LogP contribution in [-0.2, 0) is 29.3 Å². The van der Waals surface area contributed by atoms with E-state index in [1.165, 1.54) is 30.3 Å². The second-order valence-electron chi connectivity index (χ2n) is 15.6. The lowest BCUT2D eigenvalue weighted by Gasteiger charge is -2.27. The van der Waals surface area contributed by atoms with Crippen LogP contribution in [0, 0.1) is 5.41 Å². The highest BCUT2D eigenvalue weighted by Gasteiger charge is 2.30. The maximum atomic E-state index is 13.6. The van der Waals surface area contributed by atoms with E-state index in [1.54, 1.807) is 6.07 Å². The number of carboxylic acids is 2. The fraction of sp³-hybridized carbons (Fsp3) is 0.261. The molecule has 0 saturated carbocycles. The zero-order valence-corrected chi connectivity index (χ0v) is 36.3. The molecule has 0 aliphatic heterocycles. The Morgan fingerprint density at radius 3 is 2.12 bits per heavy atom. The van der Waals surface area contributed by atoms with Crippen LogP contribution in [0.3, 0.4) is 0 Å². The molecule has 19 heteroatoms. The molecular formula is C46H49N7O11S. The van der Waals surface area contributed by atoms with Crippen molar-refractivity contribution in [3.8, 4) is 28.3 Å². The van der Waals surface area contributed by atoms with Gasteiger partial charge in [0.15, 0.2) is 0 Å². The Morgan fingerprint density at radius 2 is 1.48 bits per heavy atom. The third-order valence-electron chi connectivity index (χ3n) is 9.85. The highest BCUT2D eigenvalue weighted by molar-refractivity contribution is 7.86. The number of hydrogen-bond acceptors (Lipinski definition) is 12. The molecule has 0 aliphatic carbocycles. The number of nitrogens with one attached hydrogen (secondary N) is 4. The van der Waals surface area contributed by atoms with Crippen LogP contribution in [-0.4, -0.2) is 94.3 Å². The second kappa shape index (κ2) is 22.7. The van der Waals surface area contributed by atoms with Gasteiger partial charge in [-0.2, -0.15) is 13.5 Å². The lowest BCUT2D eigenvalue weighted by molar-refractivity contribution is -0.147. The monoisotopic (exact) mass is 907 g/mol. The summed E-state index contributed by atoms with van der Waals surface area (Å²) in [5.74, 6) is -5.01. The van der Waals surface area contributed by atoms with Crippen molar-refractivity contribution in [2.24, 2.45) is 10.5 Å². The average Bonchev–Trinajstić information content (AvgIpc) is 3.28. The fourth-order valence-electron chi connectivity index (χ4n) is 6.40. The number of aromatic nitrogens is 2. The van der Waals surface area contributed by atoms with Crippen molar-refractivity contribution in [2.75, 3.05) is 18.6 Å². The molecule has 0 aliphatic rings. The minimum Gasteiger partial charge on any atom is -0.481 e. The Bertz CT molecular complexity index is 2540. The molecule has 0 bridgehead atoms. The third-order valence-corrected chi connectivity index (χ3v) is 10.8. The van der Waals surface area contributed by atoms with E-state index >= 15 is 0 Å². The molecule has 7 N–H and O–H groups in total. The van der Waals surface area contributed by atoms with Gasteiger partial charge in [-0.3, -0.25) is 29.2 Å². The molecule has 0 saturated heterocycles. The summed E-state index contributed by atoms with van der Waals surface area (Å²) in [5.41, 5.74) is 5.90. The summed E-state index contributed by atoms with van der Waals surface area (Å²) in [4.78, 5) is 71.3. The number of carbonyl (C=O) groups excluding carboxylic acids is 3. The molecule has 2 heterocycles. The molecule has 5 aromatic rings. The van der Waals surface area contributed by atoms with E-state index in [9.17, 15) is 42.0 Å². The van der Waals surface area contributed by atoms with E-state index in [1.807, 2.05) is 86.6 Å². The van der Waals surface area contributed by atoms with Gasteiger partial charge in [0.05, 0.1) is 36.9 Å². The van der Waals surface area contributed by atoms with Crippen molar-refractivity contribution in [2.45, 2.75) is 62.9 Å². The van der Waals surface area contributed by atoms with Gasteiger partial charge in [0.1, 0.15) is 22.8 Å². The highest BCUT2D eigenvalue weighted by atomic mass is 32.2. The lowest BCUT2D eigenvalue weighted by atomic mass is 9.87. The summed E-state index contributed by atoms with van der Waals surface area (Å²) in [7, 11) is -4.51. The van der Waals surface area contributed by atoms with Gasteiger partial charge >= 0.3 is 11.9 Å². The Kier molecular flexibility index (Phi) is 17.0. The molecule has 340 valence electrons. The van der Waals surface area contributed by atoms with Gasteiger partial charge in [-0.15, -0.1) is 0 Å². The summed E-state index contributed by atoms with van der Waals surface area (Å²) < 4.78 is 38.9. The number of aliphatic carboxylic acids is 2. The van der Waals surface area contributed by atoms with E-state index in [4.69, 9.17) is 14.8 Å². The molecular weight excluding hydrogens is 859 g/mol. The minimum atomic E-state index is -4.51. The first kappa shape index (κ1) is 48.5. The number of benzene rings is 3. The molecule has 3 aromatic carbocycles. The smallest absolute Gasteiger partial charge is 0.326 e. The second-order valence-corrected chi connectivity index (χ2v) is 17.0. The zero-order chi connectivity index (χ0) is 47.0. The van der Waals surface area contributed by atoms with E-state index < -0.39 is 70.1 Å². The first-order chi connectivity index (χ1) is 31.0. The predicted octanol–water partition coefficient (Wildman–Crippen LogP) is 5.43. The normalized spacial score (nSPS) is 12.4. The maximum Gasteiger partial charge on any atom is 0.326 e. The van der Waals surface area contributed by atoms with Crippen LogP contribution in [0.5, 0.6) is 5.88 Å². The standard InChI is InChI=1S/C46H49N7O11S/c1-46(2,21-11-12-22-64-41-24-34(30-13-5-3-6-14-30)23-35(51-41)31-15-7-4-8-16-31)29-48-44(58)36(25-40(54)50-37(45(59)60)26-42(55)56)52-43(57)33-19-20-39(47-27-33)53-49-28-32-17-9-10-18-38(32)65(61,62)63/h3-10,13-20,23-24,27-28,36-37H,11-12,21-22,25-26,29H2,1-2H3,(H,47,53)(H,48,58)(H,50,54)(H,52,57)(H,55,56)(H,59,60)(H,61,62,63)/b49-28+. The zero-order valence-electron chi connectivity index (χ0n) is 35.5. The molecule has 18 nitrogen and oxygen atoms in total. The summed E-state index contributed by atoms with van der Waals surface area (Å²) >= 11 is 0. The van der Waals surface area contributed by atoms with Crippen molar-refractivity contribution >= 4 is 51.8 Å². The number of ether oxygens (including phenoxy) is 1. The number of unbranched alkanes of at least 4 members (excludes halogenated alkanes) is 1. The van der Waals surface area contributed by atoms with Crippen molar-refractivity contribution in [3.63, 3.8) is 0 Å². The van der Waals surface area contributed by atoms with Gasteiger partial charge in [-0.05, 0) is 60.1 Å². The molecule has 0 radical (unpaired) electrons.